The van der Waals surface area contributed by atoms with Crippen LogP contribution >= 0.6 is 11.6 Å². The van der Waals surface area contributed by atoms with Crippen LogP contribution in [-0.4, -0.2) is 30.8 Å². The van der Waals surface area contributed by atoms with Gasteiger partial charge in [0, 0.05) is 19.5 Å². The number of hydrogen-bond donors (Lipinski definition) is 3. The smallest absolute Gasteiger partial charge is 0.253 e. The molecular weight excluding hydrogens is 366 g/mol. The lowest BCUT2D eigenvalue weighted by atomic mass is 10.1. The van der Waals surface area contributed by atoms with Crippen molar-refractivity contribution in [2.24, 2.45) is 0 Å². The van der Waals surface area contributed by atoms with Gasteiger partial charge in [0.1, 0.15) is 0 Å². The van der Waals surface area contributed by atoms with Crippen molar-refractivity contribution < 1.29 is 14.4 Å². The van der Waals surface area contributed by atoms with Gasteiger partial charge in [0.25, 0.3) is 11.8 Å². The highest BCUT2D eigenvalue weighted by Gasteiger charge is 2.13. The fourth-order valence-corrected chi connectivity index (χ4v) is 2.59. The van der Waals surface area contributed by atoms with Gasteiger partial charge >= 0.3 is 0 Å². The highest BCUT2D eigenvalue weighted by Crippen LogP contribution is 2.16. The van der Waals surface area contributed by atoms with Gasteiger partial charge in [-0.05, 0) is 30.7 Å². The van der Waals surface area contributed by atoms with Crippen LogP contribution in [0.5, 0.6) is 0 Å². The number of para-hydroxylation sites is 1. The summed E-state index contributed by atoms with van der Waals surface area (Å²) in [5.41, 5.74) is 1.20. The molecule has 0 bridgehead atoms. The van der Waals surface area contributed by atoms with Gasteiger partial charge in [0.15, 0.2) is 0 Å². The van der Waals surface area contributed by atoms with E-state index in [1.54, 1.807) is 48.5 Å². The molecule has 3 amide bonds. The fraction of sp³-hybridized carbons (Fsp3) is 0.250. The second-order valence-corrected chi connectivity index (χ2v) is 6.24. The molecule has 27 heavy (non-hydrogen) atoms. The molecule has 0 aliphatic carbocycles. The van der Waals surface area contributed by atoms with Crippen LogP contribution in [0.3, 0.4) is 0 Å². The Morgan fingerprint density at radius 3 is 2.15 bits per heavy atom. The Kier molecular flexibility index (Phi) is 7.82. The van der Waals surface area contributed by atoms with E-state index in [1.165, 1.54) is 0 Å². The molecular formula is C20H22ClN3O3. The molecule has 6 nitrogen and oxygen atoms in total. The van der Waals surface area contributed by atoms with E-state index in [2.05, 4.69) is 16.0 Å². The summed E-state index contributed by atoms with van der Waals surface area (Å²) in [5, 5.41) is 8.51. The van der Waals surface area contributed by atoms with E-state index in [0.717, 1.165) is 6.42 Å². The molecule has 0 fully saturated rings. The Bertz CT molecular complexity index is 824. The van der Waals surface area contributed by atoms with Gasteiger partial charge in [-0.1, -0.05) is 42.8 Å². The zero-order chi connectivity index (χ0) is 19.6. The fourth-order valence-electron chi connectivity index (χ4n) is 2.37. The highest BCUT2D eigenvalue weighted by molar-refractivity contribution is 6.33. The second kappa shape index (κ2) is 10.3. The molecule has 0 spiro atoms. The second-order valence-electron chi connectivity index (χ2n) is 5.84. The Hall–Kier alpha value is -2.86. The predicted octanol–water partition coefficient (Wildman–Crippen LogP) is 3.24. The SMILES string of the molecule is CCCNC(=O)c1ccccc1NC(=O)CCNC(=O)c1ccccc1Cl. The minimum atomic E-state index is -0.340. The summed E-state index contributed by atoms with van der Waals surface area (Å²) in [6, 6.07) is 13.5. The van der Waals surface area contributed by atoms with Gasteiger partial charge in [0.2, 0.25) is 5.91 Å². The normalized spacial score (nSPS) is 10.1. The minimum absolute atomic E-state index is 0.0705. The third kappa shape index (κ3) is 6.11. The summed E-state index contributed by atoms with van der Waals surface area (Å²) in [6.45, 7) is 2.68. The van der Waals surface area contributed by atoms with E-state index in [4.69, 9.17) is 11.6 Å². The number of nitrogens with one attached hydrogen (secondary N) is 3. The maximum atomic E-state index is 12.2. The number of anilines is 1. The summed E-state index contributed by atoms with van der Waals surface area (Å²) in [5.74, 6) is -0.877. The molecule has 2 rings (SSSR count). The van der Waals surface area contributed by atoms with Crippen LogP contribution in [-0.2, 0) is 4.79 Å². The van der Waals surface area contributed by atoms with Gasteiger partial charge in [-0.15, -0.1) is 0 Å². The Balaban J connectivity index is 1.88. The minimum Gasteiger partial charge on any atom is -0.352 e. The largest absolute Gasteiger partial charge is 0.352 e. The number of halogens is 1. The quantitative estimate of drug-likeness (QED) is 0.649. The van der Waals surface area contributed by atoms with Gasteiger partial charge in [-0.25, -0.2) is 0 Å². The van der Waals surface area contributed by atoms with Crippen molar-refractivity contribution in [2.75, 3.05) is 18.4 Å². The molecule has 0 saturated heterocycles. The van der Waals surface area contributed by atoms with Crippen molar-refractivity contribution in [3.05, 3.63) is 64.7 Å². The predicted molar refractivity (Wildman–Crippen MR) is 106 cm³/mol. The molecule has 3 N–H and O–H groups in total. The molecule has 0 unspecified atom stereocenters. The van der Waals surface area contributed by atoms with Crippen molar-refractivity contribution in [1.29, 1.82) is 0 Å². The van der Waals surface area contributed by atoms with E-state index in [1.807, 2.05) is 6.92 Å². The monoisotopic (exact) mass is 387 g/mol. The summed E-state index contributed by atoms with van der Waals surface area (Å²) in [4.78, 5) is 36.4. The van der Waals surface area contributed by atoms with E-state index in [-0.39, 0.29) is 30.7 Å². The molecule has 0 aliphatic heterocycles. The van der Waals surface area contributed by atoms with Crippen LogP contribution in [0.15, 0.2) is 48.5 Å². The summed E-state index contributed by atoms with van der Waals surface area (Å²) in [6.07, 6.45) is 0.895. The molecule has 0 aromatic heterocycles. The number of rotatable bonds is 8. The van der Waals surface area contributed by atoms with Crippen LogP contribution in [0.1, 0.15) is 40.5 Å². The number of amides is 3. The number of carbonyl (C=O) groups excluding carboxylic acids is 3. The van der Waals surface area contributed by atoms with Gasteiger partial charge in [-0.3, -0.25) is 14.4 Å². The third-order valence-corrected chi connectivity index (χ3v) is 4.07. The van der Waals surface area contributed by atoms with E-state index in [9.17, 15) is 14.4 Å². The first kappa shape index (κ1) is 20.5. The van der Waals surface area contributed by atoms with Crippen molar-refractivity contribution in [3.8, 4) is 0 Å². The first-order valence-electron chi connectivity index (χ1n) is 8.72. The maximum absolute atomic E-state index is 12.2. The summed E-state index contributed by atoms with van der Waals surface area (Å²) in [7, 11) is 0. The van der Waals surface area contributed by atoms with Crippen molar-refractivity contribution in [3.63, 3.8) is 0 Å². The van der Waals surface area contributed by atoms with Gasteiger partial charge in [-0.2, -0.15) is 0 Å². The van der Waals surface area contributed by atoms with Crippen molar-refractivity contribution >= 4 is 35.0 Å². The molecule has 0 heterocycles. The number of hydrogen-bond acceptors (Lipinski definition) is 3. The third-order valence-electron chi connectivity index (χ3n) is 3.74. The molecule has 7 heteroatoms. The molecule has 142 valence electrons. The lowest BCUT2D eigenvalue weighted by Gasteiger charge is -2.11. The van der Waals surface area contributed by atoms with Crippen LogP contribution in [0.25, 0.3) is 0 Å². The highest BCUT2D eigenvalue weighted by atomic mass is 35.5. The lowest BCUT2D eigenvalue weighted by Crippen LogP contribution is -2.29. The van der Waals surface area contributed by atoms with Crippen molar-refractivity contribution in [1.82, 2.24) is 10.6 Å². The first-order valence-corrected chi connectivity index (χ1v) is 9.10. The first-order chi connectivity index (χ1) is 13.0. The van der Waals surface area contributed by atoms with Crippen LogP contribution in [0.2, 0.25) is 5.02 Å². The van der Waals surface area contributed by atoms with Gasteiger partial charge < -0.3 is 16.0 Å². The number of carbonyl (C=O) groups is 3. The zero-order valence-corrected chi connectivity index (χ0v) is 15.8. The zero-order valence-electron chi connectivity index (χ0n) is 15.0. The van der Waals surface area contributed by atoms with E-state index < -0.39 is 0 Å². The van der Waals surface area contributed by atoms with E-state index in [0.29, 0.717) is 28.4 Å². The maximum Gasteiger partial charge on any atom is 0.253 e. The lowest BCUT2D eigenvalue weighted by molar-refractivity contribution is -0.116. The number of benzene rings is 2. The van der Waals surface area contributed by atoms with E-state index >= 15 is 0 Å². The molecule has 0 saturated carbocycles. The average molecular weight is 388 g/mol. The van der Waals surface area contributed by atoms with Gasteiger partial charge in [0.05, 0.1) is 21.8 Å². The van der Waals surface area contributed by atoms with Crippen LogP contribution in [0.4, 0.5) is 5.69 Å². The summed E-state index contributed by atoms with van der Waals surface area (Å²) >= 11 is 5.97. The Morgan fingerprint density at radius 2 is 1.44 bits per heavy atom. The van der Waals surface area contributed by atoms with Crippen LogP contribution in [0, 0.1) is 0 Å². The standard InChI is InChI=1S/C20H22ClN3O3/c1-2-12-22-20(27)15-8-4-6-10-17(15)24-18(25)11-13-23-19(26)14-7-3-5-9-16(14)21/h3-10H,2,11-13H2,1H3,(H,22,27)(H,23,26)(H,24,25). The molecule has 0 atom stereocenters. The summed E-state index contributed by atoms with van der Waals surface area (Å²) < 4.78 is 0. The molecule has 2 aromatic carbocycles. The van der Waals surface area contributed by atoms with Crippen LogP contribution < -0.4 is 16.0 Å². The molecule has 0 aliphatic rings. The molecule has 2 aromatic rings. The molecule has 0 radical (unpaired) electrons. The van der Waals surface area contributed by atoms with Crippen molar-refractivity contribution in [2.45, 2.75) is 19.8 Å². The Morgan fingerprint density at radius 1 is 0.852 bits per heavy atom. The Labute approximate surface area is 163 Å². The topological polar surface area (TPSA) is 87.3 Å². The average Bonchev–Trinajstić information content (AvgIpc) is 2.66.